The van der Waals surface area contributed by atoms with Crippen LogP contribution < -0.4 is 16.8 Å². The van der Waals surface area contributed by atoms with Crippen LogP contribution in [0.1, 0.15) is 31.7 Å². The second-order valence-electron chi connectivity index (χ2n) is 11.4. The first-order valence-corrected chi connectivity index (χ1v) is 16.4. The lowest BCUT2D eigenvalue weighted by molar-refractivity contribution is -0.161. The van der Waals surface area contributed by atoms with Crippen molar-refractivity contribution in [3.8, 4) is 0 Å². The lowest BCUT2D eigenvalue weighted by atomic mass is 9.95. The summed E-state index contributed by atoms with van der Waals surface area (Å²) in [6, 6.07) is 6.38. The highest BCUT2D eigenvalue weighted by molar-refractivity contribution is 8.01. The van der Waals surface area contributed by atoms with Gasteiger partial charge in [0, 0.05) is 4.75 Å². The molecule has 0 unspecified atom stereocenters. The van der Waals surface area contributed by atoms with Gasteiger partial charge in [-0.15, -0.1) is 11.8 Å². The number of nitrogens with two attached hydrogens (primary N) is 2. The number of carbonyl (C=O) groups is 3. The number of carboxylic acids is 1. The van der Waals surface area contributed by atoms with Gasteiger partial charge in [0.2, 0.25) is 11.8 Å². The zero-order chi connectivity index (χ0) is 34.4. The molecule has 3 aromatic rings. The van der Waals surface area contributed by atoms with Crippen LogP contribution in [0.3, 0.4) is 0 Å². The first-order valence-electron chi connectivity index (χ1n) is 14.0. The number of ether oxygens (including phenoxy) is 1. The fraction of sp³-hybridized carbons (Fsp3) is 0.462. The molecule has 0 bridgehead atoms. The van der Waals surface area contributed by atoms with Gasteiger partial charge in [-0.1, -0.05) is 30.3 Å². The van der Waals surface area contributed by atoms with Crippen molar-refractivity contribution in [1.29, 1.82) is 0 Å². The Bertz CT molecular complexity index is 1710. The van der Waals surface area contributed by atoms with Crippen LogP contribution in [0.15, 0.2) is 43.0 Å². The smallest absolute Gasteiger partial charge is 0.469 e. The number of benzene rings is 1. The Balaban J connectivity index is 0.000000327. The number of nitrogens with zero attached hydrogens (tertiary/aromatic N) is 5. The number of phosphoric acid groups is 1. The first-order chi connectivity index (χ1) is 22.0. The maximum Gasteiger partial charge on any atom is 0.469 e. The van der Waals surface area contributed by atoms with Crippen LogP contribution in [0.25, 0.3) is 11.2 Å². The number of carbonyl (C=O) groups excluding carboxylic acids is 2. The molecule has 2 aromatic heterocycles. The molecule has 24 heteroatoms. The number of thioether (sulfide) groups is 1. The molecule has 0 radical (unpaired) electrons. The number of fused-ring (bicyclic) bond motifs is 2. The van der Waals surface area contributed by atoms with E-state index in [0.717, 1.165) is 0 Å². The number of hydrogen-bond acceptors (Lipinski definition) is 14. The van der Waals surface area contributed by atoms with Crippen LogP contribution >= 0.6 is 19.6 Å². The molecular weight excluding hydrogens is 711 g/mol. The molecule has 3 saturated heterocycles. The molecule has 278 valence electrons. The van der Waals surface area contributed by atoms with Gasteiger partial charge in [0.05, 0.1) is 12.9 Å². The molecule has 2 amide bonds. The van der Waals surface area contributed by atoms with Crippen molar-refractivity contribution >= 4 is 54.3 Å². The third-order valence-corrected chi connectivity index (χ3v) is 9.88. The van der Waals surface area contributed by atoms with Gasteiger partial charge in [-0.25, -0.2) is 24.3 Å². The number of aliphatic hydroxyl groups is 2. The largest absolute Gasteiger partial charge is 0.480 e. The van der Waals surface area contributed by atoms with E-state index < -0.39 is 73.7 Å². The molecule has 5 heterocycles. The fourth-order valence-corrected chi connectivity index (χ4v) is 7.49. The zero-order valence-electron chi connectivity index (χ0n) is 26.3. The Morgan fingerprint density at radius 3 is 2.36 bits per heavy atom. The molecule has 8 atom stereocenters. The highest BCUT2D eigenvalue weighted by Gasteiger charge is 2.64. The summed E-state index contributed by atoms with van der Waals surface area (Å²) < 4.78 is 21.2. The number of amides is 2. The highest BCUT2D eigenvalue weighted by atomic mass is 32.2. The van der Waals surface area contributed by atoms with Crippen molar-refractivity contribution in [3.63, 3.8) is 0 Å². The summed E-state index contributed by atoms with van der Waals surface area (Å²) in [5.41, 5.74) is 12.8. The van der Waals surface area contributed by atoms with Gasteiger partial charge in [0.1, 0.15) is 53.7 Å². The van der Waals surface area contributed by atoms with Crippen LogP contribution in [0, 0.1) is 0 Å². The van der Waals surface area contributed by atoms with E-state index in [2.05, 4.69) is 24.8 Å². The lowest BCUT2D eigenvalue weighted by Gasteiger charge is -2.43. The number of aromatic nitrogens is 4. The molecule has 3 aliphatic rings. The number of carboxylic acid groups (broad SMARTS) is 1. The third kappa shape index (κ3) is 8.20. The lowest BCUT2D eigenvalue weighted by Crippen LogP contribution is -2.71. The van der Waals surface area contributed by atoms with E-state index in [9.17, 15) is 34.3 Å². The summed E-state index contributed by atoms with van der Waals surface area (Å²) in [7, 11) is -4.72. The Hall–Kier alpha value is -3.84. The summed E-state index contributed by atoms with van der Waals surface area (Å²) in [6.07, 6.45) is -2.49. The number of imidazole rings is 1. The second-order valence-corrected chi connectivity index (χ2v) is 14.4. The SMILES string of the molecule is CC1(C)S[C@@H]2[C@H](NC(=O)[C@H](N)c3ccccc3)C(=O)N2[C@H]1C(=O)O.Nc1ncnc2c1ncn2[C@@H]1O[C@H](COP(=O)(O)O)[C@@H](O)[C@H]1O.O.O.O. The molecule has 3 aliphatic heterocycles. The van der Waals surface area contributed by atoms with Crippen molar-refractivity contribution in [2.24, 2.45) is 5.73 Å². The Morgan fingerprint density at radius 2 is 1.76 bits per heavy atom. The van der Waals surface area contributed by atoms with Gasteiger partial charge in [-0.2, -0.15) is 0 Å². The summed E-state index contributed by atoms with van der Waals surface area (Å²) in [5, 5.41) is 31.7. The number of hydrogen-bond donors (Lipinski definition) is 8. The monoisotopic (exact) mass is 750 g/mol. The van der Waals surface area contributed by atoms with Crippen molar-refractivity contribution in [2.75, 3.05) is 12.3 Å². The van der Waals surface area contributed by atoms with E-state index in [1.54, 1.807) is 38.1 Å². The van der Waals surface area contributed by atoms with Crippen molar-refractivity contribution < 1.29 is 69.7 Å². The zero-order valence-corrected chi connectivity index (χ0v) is 28.0. The van der Waals surface area contributed by atoms with E-state index in [0.29, 0.717) is 11.1 Å². The molecule has 50 heavy (non-hydrogen) atoms. The van der Waals surface area contributed by atoms with Gasteiger partial charge in [0.15, 0.2) is 17.7 Å². The van der Waals surface area contributed by atoms with Crippen LogP contribution in [0.4, 0.5) is 5.82 Å². The van der Waals surface area contributed by atoms with Crippen LogP contribution in [0.5, 0.6) is 0 Å². The van der Waals surface area contributed by atoms with Crippen LogP contribution in [-0.4, -0.2) is 131 Å². The van der Waals surface area contributed by atoms with Gasteiger partial charge in [0.25, 0.3) is 0 Å². The van der Waals surface area contributed by atoms with Crippen molar-refractivity contribution in [2.45, 2.75) is 66.6 Å². The summed E-state index contributed by atoms with van der Waals surface area (Å²) >= 11 is 1.38. The minimum absolute atomic E-state index is 0. The fourth-order valence-electron chi connectivity index (χ4n) is 5.52. The van der Waals surface area contributed by atoms with Gasteiger partial charge < -0.3 is 68.0 Å². The van der Waals surface area contributed by atoms with E-state index in [-0.39, 0.29) is 39.2 Å². The molecule has 6 rings (SSSR count). The van der Waals surface area contributed by atoms with Crippen molar-refractivity contribution in [3.05, 3.63) is 48.5 Å². The molecule has 1 aromatic carbocycles. The van der Waals surface area contributed by atoms with Gasteiger partial charge in [-0.05, 0) is 19.4 Å². The minimum atomic E-state index is -4.72. The van der Waals surface area contributed by atoms with Gasteiger partial charge in [-0.3, -0.25) is 18.7 Å². The molecule has 0 saturated carbocycles. The quantitative estimate of drug-likeness (QED) is 0.0802. The topological polar surface area (TPSA) is 393 Å². The second kappa shape index (κ2) is 16.0. The maximum absolute atomic E-state index is 12.3. The number of phosphoric ester groups is 1. The molecular formula is C26H39N8O14PS. The number of aliphatic hydroxyl groups excluding tert-OH is 2. The van der Waals surface area contributed by atoms with Crippen LogP contribution in [0.2, 0.25) is 0 Å². The van der Waals surface area contributed by atoms with E-state index in [1.807, 2.05) is 6.07 Å². The molecule has 0 spiro atoms. The van der Waals surface area contributed by atoms with E-state index in [1.165, 1.54) is 33.9 Å². The first kappa shape index (κ1) is 42.3. The number of nitrogens with one attached hydrogen (secondary N) is 1. The number of aliphatic carboxylic acids is 1. The summed E-state index contributed by atoms with van der Waals surface area (Å²) in [6.45, 7) is 2.98. The Labute approximate surface area is 286 Å². The highest BCUT2D eigenvalue weighted by Crippen LogP contribution is 2.50. The minimum Gasteiger partial charge on any atom is -0.480 e. The molecule has 3 fully saturated rings. The number of nitrogen functional groups attached to an aromatic ring is 1. The average Bonchev–Trinajstić information content (AvgIpc) is 3.65. The molecule has 16 N–H and O–H groups in total. The van der Waals surface area contributed by atoms with Gasteiger partial charge >= 0.3 is 13.8 Å². The Kier molecular flexibility index (Phi) is 13.6. The average molecular weight is 751 g/mol. The van der Waals surface area contributed by atoms with Crippen LogP contribution in [-0.2, 0) is 28.2 Å². The Morgan fingerprint density at radius 1 is 1.12 bits per heavy atom. The number of rotatable bonds is 8. The predicted octanol–water partition coefficient (Wildman–Crippen LogP) is -4.02. The van der Waals surface area contributed by atoms with E-state index >= 15 is 0 Å². The standard InChI is InChI=1S/C16H19N3O4S.C10H14N5O7P.3H2O/c1-16(2)11(15(22)23)19-13(21)10(14(19)24-16)18-12(20)9(17)8-6-4-3-5-7-8;11-8-5-9(13-2-12-8)15(3-14-5)10-7(17)6(16)4(22-10)1-21-23(18,19)20;;;/h3-7,9-11,14H,17H2,1-2H3,(H,18,20)(H,22,23);2-4,6-7,10,16-17H,1H2,(H2,11,12,13)(H2,18,19,20);3*1H2/t9-,10-,11+,14-;4-,6-,7-,10-;;;/m11.../s1. The number of anilines is 1. The predicted molar refractivity (Wildman–Crippen MR) is 174 cm³/mol. The van der Waals surface area contributed by atoms with E-state index in [4.69, 9.17) is 26.0 Å². The molecule has 0 aliphatic carbocycles. The summed E-state index contributed by atoms with van der Waals surface area (Å²) in [4.78, 5) is 66.6. The normalized spacial score (nSPS) is 26.9. The summed E-state index contributed by atoms with van der Waals surface area (Å²) in [5.74, 6) is -1.72. The van der Waals surface area contributed by atoms with Crippen molar-refractivity contribution in [1.82, 2.24) is 29.7 Å². The number of β-lactam (4-membered cyclic amide) rings is 1. The molecule has 22 nitrogen and oxygen atoms in total. The maximum atomic E-state index is 12.3. The third-order valence-electron chi connectivity index (χ3n) is 7.82.